The molecule has 5 nitrogen and oxygen atoms in total. The molecule has 1 atom stereocenters. The van der Waals surface area contributed by atoms with Crippen molar-refractivity contribution in [3.63, 3.8) is 0 Å². The van der Waals surface area contributed by atoms with Crippen molar-refractivity contribution in [1.29, 1.82) is 0 Å². The standard InChI is InChI=1S/C10H19N3O2S/c1-5-6-8(2)12-16(14,15)10-7-11-13(4)9(10)3/h7-8,12H,5-6H2,1-4H3. The van der Waals surface area contributed by atoms with Crippen LogP contribution in [0.2, 0.25) is 0 Å². The highest BCUT2D eigenvalue weighted by atomic mass is 32.2. The van der Waals surface area contributed by atoms with Gasteiger partial charge in [-0.2, -0.15) is 5.10 Å². The molecule has 1 heterocycles. The van der Waals surface area contributed by atoms with Crippen LogP contribution in [0.4, 0.5) is 0 Å². The van der Waals surface area contributed by atoms with Crippen molar-refractivity contribution >= 4 is 10.0 Å². The van der Waals surface area contributed by atoms with Crippen molar-refractivity contribution in [2.75, 3.05) is 0 Å². The van der Waals surface area contributed by atoms with Crippen LogP contribution in [-0.4, -0.2) is 24.2 Å². The van der Waals surface area contributed by atoms with Crippen LogP contribution in [-0.2, 0) is 17.1 Å². The van der Waals surface area contributed by atoms with Crippen molar-refractivity contribution in [2.24, 2.45) is 7.05 Å². The molecule has 1 aromatic heterocycles. The van der Waals surface area contributed by atoms with E-state index in [-0.39, 0.29) is 10.9 Å². The van der Waals surface area contributed by atoms with E-state index in [4.69, 9.17) is 0 Å². The van der Waals surface area contributed by atoms with Gasteiger partial charge < -0.3 is 0 Å². The van der Waals surface area contributed by atoms with E-state index in [9.17, 15) is 8.42 Å². The molecular weight excluding hydrogens is 226 g/mol. The maximum Gasteiger partial charge on any atom is 0.244 e. The van der Waals surface area contributed by atoms with E-state index >= 15 is 0 Å². The lowest BCUT2D eigenvalue weighted by molar-refractivity contribution is 0.543. The summed E-state index contributed by atoms with van der Waals surface area (Å²) < 4.78 is 28.2. The molecule has 0 saturated carbocycles. The molecule has 0 spiro atoms. The second kappa shape index (κ2) is 4.97. The average Bonchev–Trinajstić information content (AvgIpc) is 2.47. The summed E-state index contributed by atoms with van der Waals surface area (Å²) in [6, 6.07) is -0.0467. The highest BCUT2D eigenvalue weighted by molar-refractivity contribution is 7.89. The van der Waals surface area contributed by atoms with Crippen LogP contribution in [0, 0.1) is 6.92 Å². The fraction of sp³-hybridized carbons (Fsp3) is 0.700. The molecule has 1 N–H and O–H groups in total. The van der Waals surface area contributed by atoms with Gasteiger partial charge in [-0.15, -0.1) is 0 Å². The van der Waals surface area contributed by atoms with E-state index < -0.39 is 10.0 Å². The van der Waals surface area contributed by atoms with Gasteiger partial charge in [0.1, 0.15) is 4.90 Å². The van der Waals surface area contributed by atoms with E-state index in [2.05, 4.69) is 9.82 Å². The van der Waals surface area contributed by atoms with Crippen LogP contribution < -0.4 is 4.72 Å². The Morgan fingerprint density at radius 3 is 2.62 bits per heavy atom. The molecule has 6 heteroatoms. The lowest BCUT2D eigenvalue weighted by Gasteiger charge is -2.12. The summed E-state index contributed by atoms with van der Waals surface area (Å²) in [5, 5.41) is 3.93. The average molecular weight is 245 g/mol. The van der Waals surface area contributed by atoms with Crippen molar-refractivity contribution in [2.45, 2.75) is 44.6 Å². The number of sulfonamides is 1. The zero-order valence-electron chi connectivity index (χ0n) is 10.2. The number of nitrogens with one attached hydrogen (secondary N) is 1. The van der Waals surface area contributed by atoms with E-state index in [1.54, 1.807) is 18.7 Å². The van der Waals surface area contributed by atoms with Crippen molar-refractivity contribution in [1.82, 2.24) is 14.5 Å². The van der Waals surface area contributed by atoms with Gasteiger partial charge in [0.15, 0.2) is 0 Å². The summed E-state index contributed by atoms with van der Waals surface area (Å²) in [5.41, 5.74) is 0.649. The monoisotopic (exact) mass is 245 g/mol. The molecule has 0 saturated heterocycles. The normalized spacial score (nSPS) is 14.0. The van der Waals surface area contributed by atoms with Gasteiger partial charge in [-0.25, -0.2) is 13.1 Å². The Morgan fingerprint density at radius 2 is 2.19 bits per heavy atom. The number of hydrogen-bond donors (Lipinski definition) is 1. The van der Waals surface area contributed by atoms with Crippen LogP contribution in [0.3, 0.4) is 0 Å². The third-order valence-electron chi connectivity index (χ3n) is 2.56. The van der Waals surface area contributed by atoms with Crippen molar-refractivity contribution in [3.8, 4) is 0 Å². The van der Waals surface area contributed by atoms with Gasteiger partial charge in [0, 0.05) is 13.1 Å². The van der Waals surface area contributed by atoms with Gasteiger partial charge in [0.25, 0.3) is 0 Å². The van der Waals surface area contributed by atoms with Gasteiger partial charge >= 0.3 is 0 Å². The van der Waals surface area contributed by atoms with Gasteiger partial charge in [-0.3, -0.25) is 4.68 Å². The van der Waals surface area contributed by atoms with Crippen LogP contribution in [0.25, 0.3) is 0 Å². The summed E-state index contributed by atoms with van der Waals surface area (Å²) >= 11 is 0. The first-order chi connectivity index (χ1) is 7.38. The SMILES string of the molecule is CCCC(C)NS(=O)(=O)c1cnn(C)c1C. The van der Waals surface area contributed by atoms with Gasteiger partial charge in [-0.05, 0) is 20.3 Å². The van der Waals surface area contributed by atoms with E-state index in [1.807, 2.05) is 13.8 Å². The van der Waals surface area contributed by atoms with Crippen LogP contribution >= 0.6 is 0 Å². The zero-order chi connectivity index (χ0) is 12.3. The zero-order valence-corrected chi connectivity index (χ0v) is 11.0. The predicted octanol–water partition coefficient (Wildman–Crippen LogP) is 1.20. The Morgan fingerprint density at radius 1 is 1.56 bits per heavy atom. The Labute approximate surface area is 96.9 Å². The predicted molar refractivity (Wildman–Crippen MR) is 62.6 cm³/mol. The van der Waals surface area contributed by atoms with E-state index in [0.717, 1.165) is 12.8 Å². The summed E-state index contributed by atoms with van der Waals surface area (Å²) in [7, 11) is -1.70. The topological polar surface area (TPSA) is 64.0 Å². The molecular formula is C10H19N3O2S. The minimum atomic E-state index is -3.42. The van der Waals surface area contributed by atoms with E-state index in [1.165, 1.54) is 6.20 Å². The fourth-order valence-electron chi connectivity index (χ4n) is 1.56. The molecule has 0 aliphatic carbocycles. The number of hydrogen-bond acceptors (Lipinski definition) is 3. The minimum absolute atomic E-state index is 0.0467. The van der Waals surface area contributed by atoms with Crippen molar-refractivity contribution in [3.05, 3.63) is 11.9 Å². The molecule has 16 heavy (non-hydrogen) atoms. The minimum Gasteiger partial charge on any atom is -0.272 e. The largest absolute Gasteiger partial charge is 0.272 e. The molecule has 0 radical (unpaired) electrons. The van der Waals surface area contributed by atoms with Crippen LogP contribution in [0.15, 0.2) is 11.1 Å². The second-order valence-corrected chi connectivity index (χ2v) is 5.71. The Kier molecular flexibility index (Phi) is 4.09. The summed E-state index contributed by atoms with van der Waals surface area (Å²) in [5.74, 6) is 0. The molecule has 0 aromatic carbocycles. The van der Waals surface area contributed by atoms with Gasteiger partial charge in [-0.1, -0.05) is 13.3 Å². The Balaban J connectivity index is 2.90. The number of aromatic nitrogens is 2. The molecule has 0 aliphatic rings. The smallest absolute Gasteiger partial charge is 0.244 e. The number of nitrogens with zero attached hydrogens (tertiary/aromatic N) is 2. The number of rotatable bonds is 5. The third kappa shape index (κ3) is 2.82. The molecule has 0 aliphatic heterocycles. The molecule has 0 fully saturated rings. The van der Waals surface area contributed by atoms with Crippen LogP contribution in [0.5, 0.6) is 0 Å². The Hall–Kier alpha value is -0.880. The second-order valence-electron chi connectivity index (χ2n) is 4.03. The highest BCUT2D eigenvalue weighted by Crippen LogP contribution is 2.14. The maximum absolute atomic E-state index is 12.0. The molecule has 0 bridgehead atoms. The first kappa shape index (κ1) is 13.2. The quantitative estimate of drug-likeness (QED) is 0.847. The fourth-order valence-corrected chi connectivity index (χ4v) is 3.04. The maximum atomic E-state index is 12.0. The highest BCUT2D eigenvalue weighted by Gasteiger charge is 2.21. The number of aryl methyl sites for hydroxylation is 1. The lowest BCUT2D eigenvalue weighted by atomic mass is 10.2. The first-order valence-electron chi connectivity index (χ1n) is 5.39. The van der Waals surface area contributed by atoms with Gasteiger partial charge in [0.2, 0.25) is 10.0 Å². The van der Waals surface area contributed by atoms with Gasteiger partial charge in [0.05, 0.1) is 11.9 Å². The summed E-state index contributed by atoms with van der Waals surface area (Å²) in [6.07, 6.45) is 3.17. The molecule has 1 rings (SSSR count). The molecule has 1 unspecified atom stereocenters. The van der Waals surface area contributed by atoms with Crippen molar-refractivity contribution < 1.29 is 8.42 Å². The molecule has 0 amide bonds. The first-order valence-corrected chi connectivity index (χ1v) is 6.87. The lowest BCUT2D eigenvalue weighted by Crippen LogP contribution is -2.32. The molecule has 92 valence electrons. The summed E-state index contributed by atoms with van der Waals surface area (Å²) in [6.45, 7) is 5.64. The summed E-state index contributed by atoms with van der Waals surface area (Å²) in [4.78, 5) is 0.262. The third-order valence-corrected chi connectivity index (χ3v) is 4.25. The van der Waals surface area contributed by atoms with E-state index in [0.29, 0.717) is 5.69 Å². The Bertz CT molecular complexity index is 451. The molecule has 1 aromatic rings. The van der Waals surface area contributed by atoms with Crippen LogP contribution in [0.1, 0.15) is 32.4 Å².